The van der Waals surface area contributed by atoms with Gasteiger partial charge in [0.25, 0.3) is 0 Å². The van der Waals surface area contributed by atoms with Gasteiger partial charge in [-0.2, -0.15) is 4.72 Å². The van der Waals surface area contributed by atoms with E-state index in [-0.39, 0.29) is 23.8 Å². The number of nitrogens with two attached hydrogens (primary N) is 2. The Kier molecular flexibility index (Phi) is 8.12. The van der Waals surface area contributed by atoms with E-state index in [0.29, 0.717) is 6.42 Å². The minimum atomic E-state index is -3.97. The van der Waals surface area contributed by atoms with Gasteiger partial charge in [-0.15, -0.1) is 0 Å². The molecule has 0 aliphatic rings. The first-order chi connectivity index (χ1) is 12.8. The number of hydrogen-bond acceptors (Lipinski definition) is 6. The third kappa shape index (κ3) is 6.53. The first-order valence-corrected chi connectivity index (χ1v) is 9.27. The van der Waals surface area contributed by atoms with Crippen LogP contribution in [-0.2, 0) is 14.8 Å². The molecule has 11 heteroatoms. The van der Waals surface area contributed by atoms with E-state index in [2.05, 4.69) is 9.71 Å². The van der Waals surface area contributed by atoms with Crippen LogP contribution in [-0.4, -0.2) is 38.0 Å². The molecule has 0 saturated heterocycles. The second-order valence-corrected chi connectivity index (χ2v) is 7.18. The van der Waals surface area contributed by atoms with Gasteiger partial charge in [-0.3, -0.25) is 9.79 Å². The van der Waals surface area contributed by atoms with Crippen LogP contribution in [0.3, 0.4) is 0 Å². The Labute approximate surface area is 156 Å². The van der Waals surface area contributed by atoms with Crippen molar-refractivity contribution >= 4 is 32.7 Å². The van der Waals surface area contributed by atoms with Gasteiger partial charge in [-0.1, -0.05) is 30.3 Å². The number of fused-ring (bicyclic) bond motifs is 1. The molecule has 0 amide bonds. The normalized spacial score (nSPS) is 11.8. The van der Waals surface area contributed by atoms with E-state index in [1.807, 2.05) is 12.1 Å². The van der Waals surface area contributed by atoms with Crippen LogP contribution >= 0.6 is 0 Å². The lowest BCUT2D eigenvalue weighted by molar-refractivity contribution is -0.139. The first-order valence-electron chi connectivity index (χ1n) is 7.79. The molecule has 27 heavy (non-hydrogen) atoms. The Morgan fingerprint density at radius 2 is 1.78 bits per heavy atom. The molecule has 0 aliphatic heterocycles. The summed E-state index contributed by atoms with van der Waals surface area (Å²) in [6, 6.07) is 10.7. The average Bonchev–Trinajstić information content (AvgIpc) is 2.65. The summed E-state index contributed by atoms with van der Waals surface area (Å²) in [5.74, 6) is -1.35. The monoisotopic (exact) mass is 392 g/mol. The summed E-state index contributed by atoms with van der Waals surface area (Å²) in [7, 11) is -3.97. The van der Waals surface area contributed by atoms with Crippen LogP contribution < -0.4 is 16.2 Å². The second-order valence-electron chi connectivity index (χ2n) is 5.47. The molecule has 2 rings (SSSR count). The minimum Gasteiger partial charge on any atom is -0.480 e. The smallest absolute Gasteiger partial charge is 0.321 e. The van der Waals surface area contributed by atoms with Gasteiger partial charge in [0.2, 0.25) is 10.0 Å². The predicted octanol–water partition coefficient (Wildman–Crippen LogP) is 0.655. The molecular weight excluding hydrogens is 372 g/mol. The van der Waals surface area contributed by atoms with E-state index in [1.165, 1.54) is 12.1 Å². The van der Waals surface area contributed by atoms with Crippen molar-refractivity contribution in [3.05, 3.63) is 42.5 Å². The van der Waals surface area contributed by atoms with E-state index in [0.717, 1.165) is 10.8 Å². The summed E-state index contributed by atoms with van der Waals surface area (Å²) >= 11 is 0. The van der Waals surface area contributed by atoms with Gasteiger partial charge >= 0.3 is 5.97 Å². The van der Waals surface area contributed by atoms with Crippen LogP contribution in [0.5, 0.6) is 0 Å². The van der Waals surface area contributed by atoms with E-state index < -0.39 is 22.0 Å². The number of carbonyl (C=O) groups is 1. The fraction of sp³-hybridized carbons (Fsp3) is 0.250. The number of carboxylic acids is 1. The number of guanidine groups is 1. The molecule has 0 aliphatic carbocycles. The summed E-state index contributed by atoms with van der Waals surface area (Å²) in [6.45, 7) is 0.226. The first kappa shape index (κ1) is 21.8. The van der Waals surface area contributed by atoms with Crippen molar-refractivity contribution in [2.45, 2.75) is 23.8 Å². The molecule has 0 bridgehead atoms. The van der Waals surface area contributed by atoms with Crippen LogP contribution in [0.4, 0.5) is 0 Å². The van der Waals surface area contributed by atoms with Crippen LogP contribution in [0.2, 0.25) is 0 Å². The maximum atomic E-state index is 12.5. The van der Waals surface area contributed by atoms with Crippen molar-refractivity contribution in [2.24, 2.45) is 16.5 Å². The Balaban J connectivity index is 0.00000176. The molecule has 0 aromatic heterocycles. The van der Waals surface area contributed by atoms with Crippen LogP contribution in [0, 0.1) is 10.8 Å². The van der Waals surface area contributed by atoms with Gasteiger partial charge in [0, 0.05) is 17.3 Å². The molecule has 10 nitrogen and oxygen atoms in total. The number of rotatable bonds is 8. The van der Waals surface area contributed by atoms with E-state index >= 15 is 0 Å². The third-order valence-electron chi connectivity index (χ3n) is 3.57. The zero-order valence-corrected chi connectivity index (χ0v) is 15.1. The van der Waals surface area contributed by atoms with E-state index in [4.69, 9.17) is 22.3 Å². The molecule has 0 heterocycles. The molecule has 0 saturated carbocycles. The maximum Gasteiger partial charge on any atom is 0.321 e. The van der Waals surface area contributed by atoms with Gasteiger partial charge in [-0.05, 0) is 35.7 Å². The number of nitrogens with zero attached hydrogens (tertiary/aromatic N) is 3. The molecule has 144 valence electrons. The van der Waals surface area contributed by atoms with Crippen LogP contribution in [0.1, 0.15) is 12.8 Å². The van der Waals surface area contributed by atoms with Crippen molar-refractivity contribution < 1.29 is 18.3 Å². The third-order valence-corrected chi connectivity index (χ3v) is 5.04. The largest absolute Gasteiger partial charge is 0.480 e. The van der Waals surface area contributed by atoms with Crippen molar-refractivity contribution in [3.63, 3.8) is 0 Å². The molecule has 2 aromatic rings. The number of benzene rings is 2. The number of hydrogen-bond donors (Lipinski definition) is 4. The lowest BCUT2D eigenvalue weighted by Gasteiger charge is -2.14. The van der Waals surface area contributed by atoms with Gasteiger partial charge in [0.05, 0.1) is 4.90 Å². The van der Waals surface area contributed by atoms with Crippen molar-refractivity contribution in [3.8, 4) is 0 Å². The summed E-state index contributed by atoms with van der Waals surface area (Å²) in [5.41, 5.74) is 10.4. The summed E-state index contributed by atoms with van der Waals surface area (Å²) < 4.78 is 27.2. The van der Waals surface area contributed by atoms with Gasteiger partial charge in [-0.25, -0.2) is 8.42 Å². The zero-order valence-electron chi connectivity index (χ0n) is 14.3. The summed E-state index contributed by atoms with van der Waals surface area (Å²) in [5, 5.41) is 22.9. The average molecular weight is 392 g/mol. The number of aliphatic carboxylic acids is 1. The molecule has 0 radical (unpaired) electrons. The Morgan fingerprint density at radius 3 is 2.37 bits per heavy atom. The molecule has 0 spiro atoms. The molecule has 0 fully saturated rings. The Morgan fingerprint density at radius 1 is 1.15 bits per heavy atom. The Bertz CT molecular complexity index is 938. The SMILES string of the molecule is N#N.NC(N)=NCCC[C@H](NS(=O)(=O)c1ccc2ccccc2c1)C(=O)O. The predicted molar refractivity (Wildman–Crippen MR) is 99.1 cm³/mol. The van der Waals surface area contributed by atoms with Crippen molar-refractivity contribution in [1.82, 2.24) is 4.72 Å². The number of aliphatic imine (C=N–C) groups is 1. The van der Waals surface area contributed by atoms with Gasteiger partial charge < -0.3 is 16.6 Å². The highest BCUT2D eigenvalue weighted by Gasteiger charge is 2.25. The zero-order chi connectivity index (χ0) is 20.4. The lowest BCUT2D eigenvalue weighted by atomic mass is 10.1. The minimum absolute atomic E-state index is 0.0154. The maximum absolute atomic E-state index is 12.5. The van der Waals surface area contributed by atoms with E-state index in [9.17, 15) is 18.3 Å². The second kappa shape index (κ2) is 10.0. The van der Waals surface area contributed by atoms with Crippen LogP contribution in [0.15, 0.2) is 52.4 Å². The molecule has 6 N–H and O–H groups in total. The highest BCUT2D eigenvalue weighted by Crippen LogP contribution is 2.19. The number of carboxylic acid groups (broad SMARTS) is 1. The van der Waals surface area contributed by atoms with Gasteiger partial charge in [0.1, 0.15) is 6.04 Å². The molecule has 1 atom stereocenters. The standard InChI is InChI=1S/C16H20N4O4S.N2/c17-16(18)19-9-3-6-14(15(21)22)20-25(23,24)13-8-7-11-4-1-2-5-12(11)10-13;1-2/h1-2,4-5,7-8,10,14,20H,3,6,9H2,(H,21,22)(H4,17,18,19);/t14-;/m0./s1. The topological polar surface area (TPSA) is 195 Å². The fourth-order valence-corrected chi connectivity index (χ4v) is 3.58. The quantitative estimate of drug-likeness (QED) is 0.217. The fourth-order valence-electron chi connectivity index (χ4n) is 2.33. The number of sulfonamides is 1. The Hall–Kier alpha value is -3.23. The van der Waals surface area contributed by atoms with Crippen LogP contribution in [0.25, 0.3) is 10.8 Å². The summed E-state index contributed by atoms with van der Waals surface area (Å²) in [6.07, 6.45) is 0.397. The van der Waals surface area contributed by atoms with Crippen molar-refractivity contribution in [1.29, 1.82) is 10.8 Å². The van der Waals surface area contributed by atoms with Gasteiger partial charge in [0.15, 0.2) is 5.96 Å². The highest BCUT2D eigenvalue weighted by atomic mass is 32.2. The highest BCUT2D eigenvalue weighted by molar-refractivity contribution is 7.89. The van der Waals surface area contributed by atoms with Crippen molar-refractivity contribution in [2.75, 3.05) is 6.54 Å². The summed E-state index contributed by atoms with van der Waals surface area (Å²) in [4.78, 5) is 15.1. The molecule has 0 unspecified atom stereocenters. The molecule has 2 aromatic carbocycles. The molecular formula is C16H20N6O4S. The lowest BCUT2D eigenvalue weighted by Crippen LogP contribution is -2.40. The number of nitrogens with one attached hydrogen (secondary N) is 1. The van der Waals surface area contributed by atoms with E-state index in [1.54, 1.807) is 18.2 Å².